The molecule has 3 nitrogen and oxygen atoms in total. The summed E-state index contributed by atoms with van der Waals surface area (Å²) in [5.74, 6) is -0.941. The van der Waals surface area contributed by atoms with E-state index in [0.29, 0.717) is 12.1 Å². The lowest BCUT2D eigenvalue weighted by molar-refractivity contribution is 0.238. The zero-order valence-electron chi connectivity index (χ0n) is 8.70. The maximum Gasteiger partial charge on any atom is 0.165 e. The van der Waals surface area contributed by atoms with E-state index in [1.807, 2.05) is 6.92 Å². The maximum absolute atomic E-state index is 12.9. The molecule has 0 radical (unpaired) electrons. The zero-order valence-corrected chi connectivity index (χ0v) is 8.70. The average molecular weight is 213 g/mol. The second-order valence-electron chi connectivity index (χ2n) is 3.42. The number of para-hydroxylation sites is 1. The second-order valence-corrected chi connectivity index (χ2v) is 3.42. The monoisotopic (exact) mass is 213 g/mol. The molecule has 1 aromatic rings. The van der Waals surface area contributed by atoms with E-state index in [0.717, 1.165) is 6.42 Å². The Bertz CT molecular complexity index is 313. The number of phenols is 1. The van der Waals surface area contributed by atoms with Crippen LogP contribution >= 0.6 is 0 Å². The molecule has 0 aliphatic rings. The van der Waals surface area contributed by atoms with Gasteiger partial charge in [-0.25, -0.2) is 4.39 Å². The van der Waals surface area contributed by atoms with Gasteiger partial charge in [-0.15, -0.1) is 0 Å². The lowest BCUT2D eigenvalue weighted by Crippen LogP contribution is -2.31. The van der Waals surface area contributed by atoms with Crippen LogP contribution in [-0.2, 0) is 6.54 Å². The van der Waals surface area contributed by atoms with Gasteiger partial charge in [0.1, 0.15) is 0 Å². The van der Waals surface area contributed by atoms with Gasteiger partial charge in [0, 0.05) is 18.2 Å². The van der Waals surface area contributed by atoms with Crippen molar-refractivity contribution >= 4 is 0 Å². The molecule has 0 aliphatic heterocycles. The SMILES string of the molecule is CC[C@@H](CO)NCc1cccc(F)c1O. The van der Waals surface area contributed by atoms with Gasteiger partial charge in [0.2, 0.25) is 0 Å². The van der Waals surface area contributed by atoms with E-state index in [1.54, 1.807) is 12.1 Å². The summed E-state index contributed by atoms with van der Waals surface area (Å²) in [6.45, 7) is 2.33. The lowest BCUT2D eigenvalue weighted by atomic mass is 10.1. The van der Waals surface area contributed by atoms with Crippen LogP contribution in [0.15, 0.2) is 18.2 Å². The van der Waals surface area contributed by atoms with Gasteiger partial charge in [0.05, 0.1) is 6.61 Å². The number of benzene rings is 1. The molecule has 15 heavy (non-hydrogen) atoms. The van der Waals surface area contributed by atoms with Crippen LogP contribution in [0.1, 0.15) is 18.9 Å². The fourth-order valence-electron chi connectivity index (χ4n) is 1.29. The highest BCUT2D eigenvalue weighted by atomic mass is 19.1. The maximum atomic E-state index is 12.9. The predicted octanol–water partition coefficient (Wildman–Crippen LogP) is 1.39. The van der Waals surface area contributed by atoms with Gasteiger partial charge in [0.15, 0.2) is 11.6 Å². The lowest BCUT2D eigenvalue weighted by Gasteiger charge is -2.14. The predicted molar refractivity (Wildman–Crippen MR) is 56.1 cm³/mol. The van der Waals surface area contributed by atoms with E-state index in [2.05, 4.69) is 5.32 Å². The van der Waals surface area contributed by atoms with Crippen LogP contribution in [0.3, 0.4) is 0 Å². The van der Waals surface area contributed by atoms with Crippen molar-refractivity contribution < 1.29 is 14.6 Å². The number of halogens is 1. The molecule has 0 aliphatic carbocycles. The first-order valence-electron chi connectivity index (χ1n) is 4.99. The van der Waals surface area contributed by atoms with Crippen molar-refractivity contribution in [1.82, 2.24) is 5.32 Å². The summed E-state index contributed by atoms with van der Waals surface area (Å²) in [6.07, 6.45) is 0.784. The Hall–Kier alpha value is -1.13. The molecule has 4 heteroatoms. The minimum Gasteiger partial charge on any atom is -0.505 e. The van der Waals surface area contributed by atoms with E-state index in [9.17, 15) is 9.50 Å². The Morgan fingerprint density at radius 1 is 1.47 bits per heavy atom. The standard InChI is InChI=1S/C11H16FNO2/c1-2-9(7-14)13-6-8-4-3-5-10(12)11(8)15/h3-5,9,13-15H,2,6-7H2,1H3/t9-/m0/s1. The van der Waals surface area contributed by atoms with Crippen LogP contribution < -0.4 is 5.32 Å². The van der Waals surface area contributed by atoms with Crippen LogP contribution in [0, 0.1) is 5.82 Å². The third-order valence-electron chi connectivity index (χ3n) is 2.36. The highest BCUT2D eigenvalue weighted by Crippen LogP contribution is 2.20. The molecule has 0 saturated carbocycles. The molecule has 1 atom stereocenters. The minimum atomic E-state index is -0.619. The fourth-order valence-corrected chi connectivity index (χ4v) is 1.29. The number of aliphatic hydroxyl groups excluding tert-OH is 1. The van der Waals surface area contributed by atoms with E-state index in [1.165, 1.54) is 6.07 Å². The van der Waals surface area contributed by atoms with Gasteiger partial charge in [-0.3, -0.25) is 0 Å². The van der Waals surface area contributed by atoms with Crippen molar-refractivity contribution in [3.8, 4) is 5.75 Å². The molecule has 0 amide bonds. The average Bonchev–Trinajstić information content (AvgIpc) is 2.25. The number of nitrogens with one attached hydrogen (secondary N) is 1. The molecule has 0 unspecified atom stereocenters. The van der Waals surface area contributed by atoms with Crippen molar-refractivity contribution in [2.24, 2.45) is 0 Å². The molecular formula is C11H16FNO2. The third-order valence-corrected chi connectivity index (χ3v) is 2.36. The number of rotatable bonds is 5. The Morgan fingerprint density at radius 3 is 2.80 bits per heavy atom. The van der Waals surface area contributed by atoms with Gasteiger partial charge in [0.25, 0.3) is 0 Å². The van der Waals surface area contributed by atoms with Gasteiger partial charge in [-0.1, -0.05) is 19.1 Å². The molecule has 1 aromatic carbocycles. The highest BCUT2D eigenvalue weighted by Gasteiger charge is 2.08. The summed E-state index contributed by atoms with van der Waals surface area (Å²) >= 11 is 0. The third kappa shape index (κ3) is 3.18. The van der Waals surface area contributed by atoms with E-state index >= 15 is 0 Å². The minimum absolute atomic E-state index is 0.0207. The van der Waals surface area contributed by atoms with Crippen LogP contribution in [0.25, 0.3) is 0 Å². The van der Waals surface area contributed by atoms with Crippen molar-refractivity contribution in [3.05, 3.63) is 29.6 Å². The van der Waals surface area contributed by atoms with E-state index < -0.39 is 5.82 Å². The summed E-state index contributed by atoms with van der Waals surface area (Å²) < 4.78 is 12.9. The first kappa shape index (κ1) is 11.9. The molecule has 0 bridgehead atoms. The zero-order chi connectivity index (χ0) is 11.3. The molecule has 3 N–H and O–H groups in total. The molecule has 0 aromatic heterocycles. The first-order valence-corrected chi connectivity index (χ1v) is 4.99. The highest BCUT2D eigenvalue weighted by molar-refractivity contribution is 5.33. The Balaban J connectivity index is 2.61. The molecular weight excluding hydrogens is 197 g/mol. The summed E-state index contributed by atoms with van der Waals surface area (Å²) in [7, 11) is 0. The number of hydrogen-bond donors (Lipinski definition) is 3. The second kappa shape index (κ2) is 5.68. The molecule has 0 spiro atoms. The quantitative estimate of drug-likeness (QED) is 0.692. The summed E-state index contributed by atoms with van der Waals surface area (Å²) in [6, 6.07) is 4.39. The van der Waals surface area contributed by atoms with Gasteiger partial charge in [-0.05, 0) is 12.5 Å². The Kier molecular flexibility index (Phi) is 4.52. The molecule has 1 rings (SSSR count). The normalized spacial score (nSPS) is 12.7. The number of hydrogen-bond acceptors (Lipinski definition) is 3. The largest absolute Gasteiger partial charge is 0.505 e. The van der Waals surface area contributed by atoms with Crippen LogP contribution in [0.2, 0.25) is 0 Å². The Labute approximate surface area is 88.6 Å². The van der Waals surface area contributed by atoms with Crippen molar-refractivity contribution in [1.29, 1.82) is 0 Å². The van der Waals surface area contributed by atoms with Crippen LogP contribution in [0.5, 0.6) is 5.75 Å². The fraction of sp³-hybridized carbons (Fsp3) is 0.455. The summed E-state index contributed by atoms with van der Waals surface area (Å²) in [5.41, 5.74) is 0.502. The van der Waals surface area contributed by atoms with E-state index in [-0.39, 0.29) is 18.4 Å². The Morgan fingerprint density at radius 2 is 2.20 bits per heavy atom. The molecule has 0 heterocycles. The van der Waals surface area contributed by atoms with Crippen molar-refractivity contribution in [2.75, 3.05) is 6.61 Å². The van der Waals surface area contributed by atoms with Crippen LogP contribution in [0.4, 0.5) is 4.39 Å². The first-order chi connectivity index (χ1) is 7.19. The molecule has 84 valence electrons. The topological polar surface area (TPSA) is 52.5 Å². The van der Waals surface area contributed by atoms with Crippen LogP contribution in [-0.4, -0.2) is 22.9 Å². The van der Waals surface area contributed by atoms with Crippen molar-refractivity contribution in [2.45, 2.75) is 25.9 Å². The summed E-state index contributed by atoms with van der Waals surface area (Å²) in [4.78, 5) is 0. The number of aromatic hydroxyl groups is 1. The van der Waals surface area contributed by atoms with Gasteiger partial charge in [-0.2, -0.15) is 0 Å². The molecule has 0 fully saturated rings. The molecule has 0 saturated heterocycles. The number of aliphatic hydroxyl groups is 1. The van der Waals surface area contributed by atoms with Gasteiger partial charge >= 0.3 is 0 Å². The smallest absolute Gasteiger partial charge is 0.165 e. The van der Waals surface area contributed by atoms with E-state index in [4.69, 9.17) is 5.11 Å². The number of phenolic OH excluding ortho intramolecular Hbond substituents is 1. The van der Waals surface area contributed by atoms with Gasteiger partial charge < -0.3 is 15.5 Å². The van der Waals surface area contributed by atoms with Crippen molar-refractivity contribution in [3.63, 3.8) is 0 Å². The summed E-state index contributed by atoms with van der Waals surface area (Å²) in [5, 5.41) is 21.3.